The van der Waals surface area contributed by atoms with Crippen molar-refractivity contribution in [2.75, 3.05) is 6.61 Å². The molecule has 0 heterocycles. The highest BCUT2D eigenvalue weighted by atomic mass is 16.6. The summed E-state index contributed by atoms with van der Waals surface area (Å²) in [6.45, 7) is 0.598. The molecule has 0 aromatic heterocycles. The van der Waals surface area contributed by atoms with Crippen LogP contribution in [0.25, 0.3) is 0 Å². The maximum Gasteiger partial charge on any atom is 0.280 e. The summed E-state index contributed by atoms with van der Waals surface area (Å²) in [6, 6.07) is 4.26. The molecular formula is C13H15NO4. The number of nitrogens with zero attached hydrogens (tertiary/aromatic N) is 1. The fourth-order valence-corrected chi connectivity index (χ4v) is 2.01. The first kappa shape index (κ1) is 12.5. The van der Waals surface area contributed by atoms with Crippen LogP contribution in [0.2, 0.25) is 0 Å². The Morgan fingerprint density at radius 2 is 2.22 bits per heavy atom. The van der Waals surface area contributed by atoms with Gasteiger partial charge in [0.25, 0.3) is 5.69 Å². The molecule has 0 N–H and O–H groups in total. The highest BCUT2D eigenvalue weighted by molar-refractivity contribution is 5.82. The smallest absolute Gasteiger partial charge is 0.280 e. The van der Waals surface area contributed by atoms with Crippen molar-refractivity contribution in [1.29, 1.82) is 0 Å². The van der Waals surface area contributed by atoms with E-state index < -0.39 is 4.92 Å². The van der Waals surface area contributed by atoms with Crippen molar-refractivity contribution in [2.24, 2.45) is 5.92 Å². The molecule has 0 atom stereocenters. The van der Waals surface area contributed by atoms with Crippen molar-refractivity contribution in [1.82, 2.24) is 0 Å². The number of nitro groups is 1. The van der Waals surface area contributed by atoms with Gasteiger partial charge in [-0.2, -0.15) is 0 Å². The topological polar surface area (TPSA) is 69.4 Å². The third-order valence-electron chi connectivity index (χ3n) is 3.34. The van der Waals surface area contributed by atoms with E-state index in [9.17, 15) is 14.9 Å². The van der Waals surface area contributed by atoms with Crippen LogP contribution < -0.4 is 4.74 Å². The summed E-state index contributed by atoms with van der Waals surface area (Å²) < 4.78 is 5.51. The van der Waals surface area contributed by atoms with Gasteiger partial charge in [0.05, 0.1) is 17.1 Å². The van der Waals surface area contributed by atoms with Crippen molar-refractivity contribution in [3.63, 3.8) is 0 Å². The van der Waals surface area contributed by atoms with Crippen molar-refractivity contribution < 1.29 is 14.5 Å². The van der Waals surface area contributed by atoms with Crippen LogP contribution in [0.3, 0.4) is 0 Å². The van der Waals surface area contributed by atoms with Gasteiger partial charge >= 0.3 is 0 Å². The van der Waals surface area contributed by atoms with Crippen molar-refractivity contribution in [3.05, 3.63) is 33.9 Å². The average molecular weight is 249 g/mol. The second kappa shape index (κ2) is 5.62. The molecule has 1 fully saturated rings. The van der Waals surface area contributed by atoms with E-state index in [2.05, 4.69) is 0 Å². The molecule has 18 heavy (non-hydrogen) atoms. The standard InChI is InChI=1S/C13H15NO4/c15-9-11-8-12(4-5-13(11)14(16)17)18-7-6-10-2-1-3-10/h4-5,8-10H,1-3,6-7H2. The molecule has 1 saturated carbocycles. The van der Waals surface area contributed by atoms with E-state index in [1.165, 1.54) is 37.5 Å². The van der Waals surface area contributed by atoms with Gasteiger partial charge in [0.15, 0.2) is 6.29 Å². The summed E-state index contributed by atoms with van der Waals surface area (Å²) in [6.07, 6.45) is 5.33. The highest BCUT2D eigenvalue weighted by Gasteiger charge is 2.17. The largest absolute Gasteiger partial charge is 0.494 e. The van der Waals surface area contributed by atoms with E-state index in [0.29, 0.717) is 18.6 Å². The molecule has 0 bridgehead atoms. The molecule has 1 aromatic rings. The van der Waals surface area contributed by atoms with Crippen LogP contribution in [0, 0.1) is 16.0 Å². The van der Waals surface area contributed by atoms with Gasteiger partial charge in [-0.25, -0.2) is 0 Å². The zero-order chi connectivity index (χ0) is 13.0. The van der Waals surface area contributed by atoms with Gasteiger partial charge in [-0.3, -0.25) is 14.9 Å². The summed E-state index contributed by atoms with van der Waals surface area (Å²) in [7, 11) is 0. The van der Waals surface area contributed by atoms with Crippen LogP contribution in [0.15, 0.2) is 18.2 Å². The van der Waals surface area contributed by atoms with E-state index in [0.717, 1.165) is 12.3 Å². The maximum absolute atomic E-state index is 10.8. The fourth-order valence-electron chi connectivity index (χ4n) is 2.01. The van der Waals surface area contributed by atoms with E-state index in [-0.39, 0.29) is 11.3 Å². The normalized spacial score (nSPS) is 14.9. The minimum atomic E-state index is -0.568. The van der Waals surface area contributed by atoms with Gasteiger partial charge in [0, 0.05) is 6.07 Å². The molecule has 0 amide bonds. The molecule has 0 spiro atoms. The quantitative estimate of drug-likeness (QED) is 0.441. The number of aldehydes is 1. The van der Waals surface area contributed by atoms with Crippen LogP contribution in [0.1, 0.15) is 36.0 Å². The molecule has 0 aliphatic heterocycles. The lowest BCUT2D eigenvalue weighted by atomic mass is 9.83. The maximum atomic E-state index is 10.8. The molecule has 96 valence electrons. The van der Waals surface area contributed by atoms with Crippen LogP contribution in [0.4, 0.5) is 5.69 Å². The number of benzene rings is 1. The molecule has 1 aliphatic rings. The predicted molar refractivity (Wildman–Crippen MR) is 65.9 cm³/mol. The number of carbonyl (C=O) groups excluding carboxylic acids is 1. The van der Waals surface area contributed by atoms with Gasteiger partial charge in [-0.1, -0.05) is 19.3 Å². The van der Waals surface area contributed by atoms with E-state index in [1.54, 1.807) is 0 Å². The number of nitro benzene ring substituents is 1. The third-order valence-corrected chi connectivity index (χ3v) is 3.34. The predicted octanol–water partition coefficient (Wildman–Crippen LogP) is 2.98. The van der Waals surface area contributed by atoms with Crippen molar-refractivity contribution >= 4 is 12.0 Å². The van der Waals surface area contributed by atoms with E-state index in [1.807, 2.05) is 0 Å². The minimum Gasteiger partial charge on any atom is -0.494 e. The number of carbonyl (C=O) groups is 1. The van der Waals surface area contributed by atoms with E-state index in [4.69, 9.17) is 4.74 Å². The molecule has 5 heteroatoms. The van der Waals surface area contributed by atoms with Crippen LogP contribution >= 0.6 is 0 Å². The van der Waals surface area contributed by atoms with Gasteiger partial charge < -0.3 is 4.74 Å². The van der Waals surface area contributed by atoms with Crippen molar-refractivity contribution in [2.45, 2.75) is 25.7 Å². The molecule has 0 unspecified atom stereocenters. The van der Waals surface area contributed by atoms with Gasteiger partial charge in [0.1, 0.15) is 5.75 Å². The Morgan fingerprint density at radius 3 is 2.78 bits per heavy atom. The Balaban J connectivity index is 1.95. The molecular weight excluding hydrogens is 234 g/mol. The van der Waals surface area contributed by atoms with Crippen LogP contribution in [-0.2, 0) is 0 Å². The number of hydrogen-bond donors (Lipinski definition) is 0. The van der Waals surface area contributed by atoms with Crippen molar-refractivity contribution in [3.8, 4) is 5.75 Å². The Morgan fingerprint density at radius 1 is 1.44 bits per heavy atom. The van der Waals surface area contributed by atoms with Gasteiger partial charge in [-0.05, 0) is 24.5 Å². The highest BCUT2D eigenvalue weighted by Crippen LogP contribution is 2.29. The average Bonchev–Trinajstić information content (AvgIpc) is 2.31. The molecule has 5 nitrogen and oxygen atoms in total. The number of rotatable bonds is 6. The minimum absolute atomic E-state index is 0.0566. The lowest BCUT2D eigenvalue weighted by Crippen LogP contribution is -2.14. The zero-order valence-electron chi connectivity index (χ0n) is 10.0. The first-order valence-corrected chi connectivity index (χ1v) is 6.07. The summed E-state index contributed by atoms with van der Waals surface area (Å²) in [5.41, 5.74) is -0.127. The lowest BCUT2D eigenvalue weighted by Gasteiger charge is -2.24. The van der Waals surface area contributed by atoms with Gasteiger partial charge in [0.2, 0.25) is 0 Å². The first-order valence-electron chi connectivity index (χ1n) is 6.07. The Labute approximate surface area is 105 Å². The number of ether oxygens (including phenoxy) is 1. The second-order valence-corrected chi connectivity index (χ2v) is 4.53. The summed E-state index contributed by atoms with van der Waals surface area (Å²) >= 11 is 0. The summed E-state index contributed by atoms with van der Waals surface area (Å²) in [5, 5.41) is 10.6. The SMILES string of the molecule is O=Cc1cc(OCCC2CCC2)ccc1[N+](=O)[O-]. The third kappa shape index (κ3) is 2.85. The first-order chi connectivity index (χ1) is 8.70. The molecule has 1 aliphatic carbocycles. The zero-order valence-corrected chi connectivity index (χ0v) is 10.0. The molecule has 0 saturated heterocycles. The molecule has 2 rings (SSSR count). The lowest BCUT2D eigenvalue weighted by molar-refractivity contribution is -0.385. The summed E-state index contributed by atoms with van der Waals surface area (Å²) in [5.74, 6) is 1.27. The molecule has 0 radical (unpaired) electrons. The Kier molecular flexibility index (Phi) is 3.92. The second-order valence-electron chi connectivity index (χ2n) is 4.53. The summed E-state index contributed by atoms with van der Waals surface area (Å²) in [4.78, 5) is 20.8. The van der Waals surface area contributed by atoms with E-state index >= 15 is 0 Å². The fraction of sp³-hybridized carbons (Fsp3) is 0.462. The Bertz CT molecular complexity index is 454. The van der Waals surface area contributed by atoms with Gasteiger partial charge in [-0.15, -0.1) is 0 Å². The van der Waals surface area contributed by atoms with Crippen LogP contribution in [-0.4, -0.2) is 17.8 Å². The number of hydrogen-bond acceptors (Lipinski definition) is 4. The Hall–Kier alpha value is -1.91. The molecule has 1 aromatic carbocycles. The monoisotopic (exact) mass is 249 g/mol. The van der Waals surface area contributed by atoms with Crippen LogP contribution in [0.5, 0.6) is 5.75 Å².